The van der Waals surface area contributed by atoms with E-state index in [1.807, 2.05) is 0 Å². The maximum absolute atomic E-state index is 11.7. The number of aromatic carboxylic acids is 1. The maximum Gasteiger partial charge on any atom is 0.354 e. The molecule has 0 amide bonds. The fourth-order valence-electron chi connectivity index (χ4n) is 1.10. The molecule has 5 nitrogen and oxygen atoms in total. The minimum atomic E-state index is -2.48. The molecule has 0 saturated heterocycles. The van der Waals surface area contributed by atoms with Crippen LogP contribution in [-0.4, -0.2) is 42.2 Å². The number of pyridine rings is 1. The second-order valence-corrected chi connectivity index (χ2v) is 3.13. The van der Waals surface area contributed by atoms with Gasteiger partial charge in [0.2, 0.25) is 0 Å². The highest BCUT2D eigenvalue weighted by molar-refractivity contribution is 5.86. The minimum Gasteiger partial charge on any atom is -0.477 e. The van der Waals surface area contributed by atoms with Crippen LogP contribution in [0.4, 0.5) is 14.5 Å². The van der Waals surface area contributed by atoms with E-state index < -0.39 is 19.0 Å². The number of halogens is 2. The van der Waals surface area contributed by atoms with Crippen molar-refractivity contribution < 1.29 is 23.4 Å². The fraction of sp³-hybridized carbons (Fsp3) is 0.400. The van der Waals surface area contributed by atoms with Crippen LogP contribution in [0.5, 0.6) is 0 Å². The fourth-order valence-corrected chi connectivity index (χ4v) is 1.10. The Balaban J connectivity index is 2.31. The predicted molar refractivity (Wildman–Crippen MR) is 56.5 cm³/mol. The number of nitrogens with one attached hydrogen (secondary N) is 1. The second-order valence-electron chi connectivity index (χ2n) is 3.13. The maximum atomic E-state index is 11.7. The Labute approximate surface area is 96.4 Å². The van der Waals surface area contributed by atoms with Gasteiger partial charge in [-0.3, -0.25) is 0 Å². The molecule has 1 aromatic rings. The second kappa shape index (κ2) is 6.74. The molecule has 0 atom stereocenters. The Hall–Kier alpha value is -1.76. The van der Waals surface area contributed by atoms with Gasteiger partial charge in [0.25, 0.3) is 6.43 Å². The molecule has 0 aliphatic carbocycles. The van der Waals surface area contributed by atoms with Gasteiger partial charge in [0.15, 0.2) is 0 Å². The monoisotopic (exact) mass is 246 g/mol. The lowest BCUT2D eigenvalue weighted by Gasteiger charge is -2.07. The molecule has 0 saturated carbocycles. The van der Waals surface area contributed by atoms with Crippen LogP contribution in [0.15, 0.2) is 18.3 Å². The summed E-state index contributed by atoms with van der Waals surface area (Å²) in [6, 6.07) is 2.94. The average Bonchev–Trinajstić information content (AvgIpc) is 2.28. The van der Waals surface area contributed by atoms with Crippen LogP contribution in [0.3, 0.4) is 0 Å². The lowest BCUT2D eigenvalue weighted by atomic mass is 10.3. The highest BCUT2D eigenvalue weighted by Gasteiger charge is 2.04. The Morgan fingerprint density at radius 3 is 3.00 bits per heavy atom. The number of nitrogens with zero attached hydrogens (tertiary/aromatic N) is 1. The molecule has 0 aliphatic heterocycles. The topological polar surface area (TPSA) is 71.5 Å². The van der Waals surface area contributed by atoms with Crippen LogP contribution in [0, 0.1) is 0 Å². The molecular weight excluding hydrogens is 234 g/mol. The van der Waals surface area contributed by atoms with Crippen LogP contribution >= 0.6 is 0 Å². The summed E-state index contributed by atoms with van der Waals surface area (Å²) in [4.78, 5) is 14.2. The van der Waals surface area contributed by atoms with Crippen molar-refractivity contribution in [1.29, 1.82) is 0 Å². The molecular formula is C10H12F2N2O3. The average molecular weight is 246 g/mol. The number of alkyl halides is 2. The first-order valence-corrected chi connectivity index (χ1v) is 4.88. The van der Waals surface area contributed by atoms with Crippen LogP contribution in [0.2, 0.25) is 0 Å². The number of carbonyl (C=O) groups is 1. The molecule has 0 aromatic carbocycles. The summed E-state index contributed by atoms with van der Waals surface area (Å²) in [5, 5.41) is 11.5. The van der Waals surface area contributed by atoms with Crippen molar-refractivity contribution in [3.63, 3.8) is 0 Å². The Morgan fingerprint density at radius 2 is 2.35 bits per heavy atom. The zero-order valence-electron chi connectivity index (χ0n) is 8.90. The van der Waals surface area contributed by atoms with E-state index in [2.05, 4.69) is 15.0 Å². The van der Waals surface area contributed by atoms with Gasteiger partial charge in [-0.1, -0.05) is 0 Å². The van der Waals surface area contributed by atoms with Crippen LogP contribution in [0.25, 0.3) is 0 Å². The predicted octanol–water partition coefficient (Wildman–Crippen LogP) is 1.47. The molecule has 0 fully saturated rings. The molecule has 0 aliphatic rings. The smallest absolute Gasteiger partial charge is 0.354 e. The van der Waals surface area contributed by atoms with Crippen molar-refractivity contribution in [3.8, 4) is 0 Å². The lowest BCUT2D eigenvalue weighted by molar-refractivity contribution is 0.0215. The number of carboxylic acid groups (broad SMARTS) is 1. The molecule has 0 radical (unpaired) electrons. The molecule has 0 bridgehead atoms. The minimum absolute atomic E-state index is 0.0801. The summed E-state index contributed by atoms with van der Waals surface area (Å²) in [5.41, 5.74) is 0.474. The number of rotatable bonds is 7. The van der Waals surface area contributed by atoms with E-state index in [1.165, 1.54) is 12.3 Å². The Morgan fingerprint density at radius 1 is 1.59 bits per heavy atom. The SMILES string of the molecule is O=C(O)c1cc(NCCOCC(F)F)ccn1. The Kier molecular flexibility index (Phi) is 5.28. The van der Waals surface area contributed by atoms with Crippen molar-refractivity contribution in [2.45, 2.75) is 6.43 Å². The van der Waals surface area contributed by atoms with Gasteiger partial charge in [0.05, 0.1) is 6.61 Å². The standard InChI is InChI=1S/C10H12F2N2O3/c11-9(12)6-17-4-3-13-7-1-2-14-8(5-7)10(15)16/h1-2,5,9H,3-4,6H2,(H,13,14)(H,15,16). The number of aromatic nitrogens is 1. The van der Waals surface area contributed by atoms with Gasteiger partial charge >= 0.3 is 5.97 Å². The lowest BCUT2D eigenvalue weighted by Crippen LogP contribution is -2.13. The summed E-state index contributed by atoms with van der Waals surface area (Å²) in [6.07, 6.45) is -1.12. The molecule has 7 heteroatoms. The number of hydrogen-bond donors (Lipinski definition) is 2. The number of carboxylic acids is 1. The Bertz CT molecular complexity index is 374. The summed E-state index contributed by atoms with van der Waals surface area (Å²) in [6.45, 7) is -0.163. The van der Waals surface area contributed by atoms with E-state index in [1.54, 1.807) is 6.07 Å². The first kappa shape index (κ1) is 13.3. The van der Waals surface area contributed by atoms with Crippen molar-refractivity contribution in [2.24, 2.45) is 0 Å². The van der Waals surface area contributed by atoms with E-state index in [9.17, 15) is 13.6 Å². The first-order valence-electron chi connectivity index (χ1n) is 4.88. The van der Waals surface area contributed by atoms with Crippen molar-refractivity contribution in [1.82, 2.24) is 4.98 Å². The largest absolute Gasteiger partial charge is 0.477 e. The third-order valence-corrected chi connectivity index (χ3v) is 1.80. The van der Waals surface area contributed by atoms with Gasteiger partial charge < -0.3 is 15.2 Å². The van der Waals surface area contributed by atoms with Gasteiger partial charge in [0.1, 0.15) is 12.3 Å². The third kappa shape index (κ3) is 5.21. The van der Waals surface area contributed by atoms with E-state index >= 15 is 0 Å². The first-order chi connectivity index (χ1) is 8.09. The van der Waals surface area contributed by atoms with E-state index in [0.717, 1.165) is 0 Å². The van der Waals surface area contributed by atoms with Crippen molar-refractivity contribution in [2.75, 3.05) is 25.1 Å². The van der Waals surface area contributed by atoms with Gasteiger partial charge in [-0.2, -0.15) is 0 Å². The third-order valence-electron chi connectivity index (χ3n) is 1.80. The van der Waals surface area contributed by atoms with Crippen LogP contribution in [0.1, 0.15) is 10.5 Å². The zero-order chi connectivity index (χ0) is 12.7. The number of hydrogen-bond acceptors (Lipinski definition) is 4. The molecule has 2 N–H and O–H groups in total. The van der Waals surface area contributed by atoms with Crippen LogP contribution < -0.4 is 5.32 Å². The molecule has 0 unspecified atom stereocenters. The van der Waals surface area contributed by atoms with Crippen molar-refractivity contribution in [3.05, 3.63) is 24.0 Å². The molecule has 94 valence electrons. The molecule has 1 aromatic heterocycles. The molecule has 0 spiro atoms. The summed E-state index contributed by atoms with van der Waals surface area (Å²) >= 11 is 0. The van der Waals surface area contributed by atoms with E-state index in [0.29, 0.717) is 12.2 Å². The van der Waals surface area contributed by atoms with Gasteiger partial charge in [-0.05, 0) is 12.1 Å². The molecule has 17 heavy (non-hydrogen) atoms. The van der Waals surface area contributed by atoms with Gasteiger partial charge in [0, 0.05) is 18.4 Å². The highest BCUT2D eigenvalue weighted by Crippen LogP contribution is 2.07. The van der Waals surface area contributed by atoms with Gasteiger partial charge in [-0.15, -0.1) is 0 Å². The van der Waals surface area contributed by atoms with Gasteiger partial charge in [-0.25, -0.2) is 18.6 Å². The molecule has 1 heterocycles. The van der Waals surface area contributed by atoms with Crippen LogP contribution in [-0.2, 0) is 4.74 Å². The number of ether oxygens (including phenoxy) is 1. The zero-order valence-corrected chi connectivity index (χ0v) is 8.90. The number of anilines is 1. The van der Waals surface area contributed by atoms with Crippen molar-refractivity contribution >= 4 is 11.7 Å². The normalized spacial score (nSPS) is 10.5. The quantitative estimate of drug-likeness (QED) is 0.713. The summed E-state index contributed by atoms with van der Waals surface area (Å²) in [5.74, 6) is -1.12. The summed E-state index contributed by atoms with van der Waals surface area (Å²) in [7, 11) is 0. The summed E-state index contributed by atoms with van der Waals surface area (Å²) < 4.78 is 28.1. The molecule has 1 rings (SSSR count). The van der Waals surface area contributed by atoms with E-state index in [-0.39, 0.29) is 12.3 Å². The van der Waals surface area contributed by atoms with E-state index in [4.69, 9.17) is 5.11 Å². The highest BCUT2D eigenvalue weighted by atomic mass is 19.3.